The molecule has 19 heavy (non-hydrogen) atoms. The van der Waals surface area contributed by atoms with Gasteiger partial charge in [-0.2, -0.15) is 0 Å². The largest absolute Gasteiger partial charge is 0.444 e. The number of amides is 1. The Balaban J connectivity index is 2.78. The number of carbonyl (C=O) groups is 2. The molecule has 1 fully saturated rings. The molecular formula is C14H24N2O3. The van der Waals surface area contributed by atoms with Crippen molar-refractivity contribution in [3.05, 3.63) is 11.8 Å². The number of Topliss-reactive ketones (excluding diaryl/α,β-unsaturated/α-hetero) is 1. The van der Waals surface area contributed by atoms with Crippen LogP contribution >= 0.6 is 0 Å². The lowest BCUT2D eigenvalue weighted by molar-refractivity contribution is -0.121. The van der Waals surface area contributed by atoms with Crippen molar-refractivity contribution in [2.45, 2.75) is 45.8 Å². The number of carbonyl (C=O) groups excluding carboxylic acids is 2. The first kappa shape index (κ1) is 15.5. The number of hydrogen-bond donors (Lipinski definition) is 0. The van der Waals surface area contributed by atoms with Crippen molar-refractivity contribution in [1.82, 2.24) is 9.80 Å². The van der Waals surface area contributed by atoms with Crippen molar-refractivity contribution >= 4 is 11.9 Å². The standard InChI is InChI=1S/C14H24N2O3/c1-10-12(17)11(9-15(5)6)7-8-16(10)13(18)19-14(2,3)4/h9-10H,7-8H2,1-6H3/b11-9-. The summed E-state index contributed by atoms with van der Waals surface area (Å²) in [4.78, 5) is 27.6. The Morgan fingerprint density at radius 2 is 2.00 bits per heavy atom. The van der Waals surface area contributed by atoms with Crippen LogP contribution in [-0.2, 0) is 9.53 Å². The zero-order chi connectivity index (χ0) is 14.8. The Kier molecular flexibility index (Phi) is 4.61. The van der Waals surface area contributed by atoms with Gasteiger partial charge in [0.25, 0.3) is 0 Å². The highest BCUT2D eigenvalue weighted by molar-refractivity contribution is 6.01. The van der Waals surface area contributed by atoms with Crippen LogP contribution in [0.2, 0.25) is 0 Å². The molecule has 0 spiro atoms. The molecule has 1 unspecified atom stereocenters. The molecule has 0 aliphatic carbocycles. The summed E-state index contributed by atoms with van der Waals surface area (Å²) in [6.07, 6.45) is 1.98. The molecule has 0 N–H and O–H groups in total. The zero-order valence-electron chi connectivity index (χ0n) is 12.7. The van der Waals surface area contributed by atoms with E-state index in [2.05, 4.69) is 0 Å². The van der Waals surface area contributed by atoms with Crippen molar-refractivity contribution in [3.63, 3.8) is 0 Å². The molecule has 0 aromatic heterocycles. The Hall–Kier alpha value is -1.52. The van der Waals surface area contributed by atoms with Crippen LogP contribution in [0.4, 0.5) is 4.79 Å². The molecule has 1 saturated heterocycles. The molecule has 1 aliphatic rings. The van der Waals surface area contributed by atoms with Gasteiger partial charge in [-0.15, -0.1) is 0 Å². The second-order valence-electron chi connectivity index (χ2n) is 6.08. The van der Waals surface area contributed by atoms with E-state index in [9.17, 15) is 9.59 Å². The normalized spacial score (nSPS) is 22.6. The Morgan fingerprint density at radius 1 is 1.42 bits per heavy atom. The van der Waals surface area contributed by atoms with Crippen LogP contribution in [0.1, 0.15) is 34.1 Å². The average Bonchev–Trinajstić information content (AvgIpc) is 2.21. The number of piperidine rings is 1. The van der Waals surface area contributed by atoms with E-state index in [1.165, 1.54) is 4.90 Å². The summed E-state index contributed by atoms with van der Waals surface area (Å²) in [7, 11) is 3.76. The lowest BCUT2D eigenvalue weighted by Crippen LogP contribution is -2.50. The van der Waals surface area contributed by atoms with Crippen LogP contribution in [0.25, 0.3) is 0 Å². The minimum absolute atomic E-state index is 0.00851. The molecule has 5 nitrogen and oxygen atoms in total. The summed E-state index contributed by atoms with van der Waals surface area (Å²) in [6.45, 7) is 7.71. The molecule has 1 rings (SSSR count). The molecule has 108 valence electrons. The average molecular weight is 268 g/mol. The van der Waals surface area contributed by atoms with Crippen molar-refractivity contribution in [3.8, 4) is 0 Å². The molecule has 1 heterocycles. The summed E-state index contributed by atoms with van der Waals surface area (Å²) < 4.78 is 5.32. The maximum atomic E-state index is 12.2. The quantitative estimate of drug-likeness (QED) is 0.683. The molecule has 1 aliphatic heterocycles. The highest BCUT2D eigenvalue weighted by Gasteiger charge is 2.35. The van der Waals surface area contributed by atoms with Crippen molar-refractivity contribution in [2.24, 2.45) is 0 Å². The summed E-state index contributed by atoms with van der Waals surface area (Å²) in [5.41, 5.74) is 0.219. The number of rotatable bonds is 1. The molecule has 1 amide bonds. The smallest absolute Gasteiger partial charge is 0.410 e. The summed E-state index contributed by atoms with van der Waals surface area (Å²) in [5, 5.41) is 0. The van der Waals surface area contributed by atoms with Gasteiger partial charge in [0.15, 0.2) is 5.78 Å². The first-order valence-electron chi connectivity index (χ1n) is 6.53. The third kappa shape index (κ3) is 4.26. The van der Waals surface area contributed by atoms with E-state index in [0.29, 0.717) is 13.0 Å². The predicted molar refractivity (Wildman–Crippen MR) is 73.8 cm³/mol. The molecule has 5 heteroatoms. The van der Waals surface area contributed by atoms with Crippen LogP contribution < -0.4 is 0 Å². The maximum Gasteiger partial charge on any atom is 0.410 e. The minimum Gasteiger partial charge on any atom is -0.444 e. The van der Waals surface area contributed by atoms with E-state index in [1.54, 1.807) is 6.92 Å². The highest BCUT2D eigenvalue weighted by Crippen LogP contribution is 2.21. The summed E-state index contributed by atoms with van der Waals surface area (Å²) in [6, 6.07) is -0.463. The third-order valence-electron chi connectivity index (χ3n) is 2.83. The fraction of sp³-hybridized carbons (Fsp3) is 0.714. The van der Waals surface area contributed by atoms with Crippen LogP contribution in [0.15, 0.2) is 11.8 Å². The van der Waals surface area contributed by atoms with Crippen LogP contribution in [0, 0.1) is 0 Å². The van der Waals surface area contributed by atoms with E-state index in [4.69, 9.17) is 4.74 Å². The second kappa shape index (κ2) is 5.63. The van der Waals surface area contributed by atoms with Gasteiger partial charge in [-0.1, -0.05) is 0 Å². The van der Waals surface area contributed by atoms with E-state index in [-0.39, 0.29) is 5.78 Å². The van der Waals surface area contributed by atoms with Crippen molar-refractivity contribution in [2.75, 3.05) is 20.6 Å². The molecule has 0 saturated carbocycles. The monoisotopic (exact) mass is 268 g/mol. The number of nitrogens with zero attached hydrogens (tertiary/aromatic N) is 2. The first-order valence-corrected chi connectivity index (χ1v) is 6.53. The number of ketones is 1. The molecular weight excluding hydrogens is 244 g/mol. The number of ether oxygens (including phenoxy) is 1. The fourth-order valence-corrected chi connectivity index (χ4v) is 1.98. The van der Waals surface area contributed by atoms with Gasteiger partial charge in [-0.3, -0.25) is 9.69 Å². The van der Waals surface area contributed by atoms with Gasteiger partial charge in [0.2, 0.25) is 0 Å². The molecule has 0 aromatic rings. The Bertz CT molecular complexity index is 394. The fourth-order valence-electron chi connectivity index (χ4n) is 1.98. The van der Waals surface area contributed by atoms with Crippen LogP contribution in [-0.4, -0.2) is 54.0 Å². The van der Waals surface area contributed by atoms with Crippen molar-refractivity contribution in [1.29, 1.82) is 0 Å². The van der Waals surface area contributed by atoms with Gasteiger partial charge in [0.05, 0.1) is 6.04 Å². The lowest BCUT2D eigenvalue weighted by atomic mass is 9.97. The maximum absolute atomic E-state index is 12.2. The second-order valence-corrected chi connectivity index (χ2v) is 6.08. The van der Waals surface area contributed by atoms with E-state index in [1.807, 2.05) is 46.0 Å². The lowest BCUT2D eigenvalue weighted by Gasteiger charge is -2.35. The highest BCUT2D eigenvalue weighted by atomic mass is 16.6. The zero-order valence-corrected chi connectivity index (χ0v) is 12.7. The molecule has 0 bridgehead atoms. The van der Waals surface area contributed by atoms with E-state index < -0.39 is 17.7 Å². The van der Waals surface area contributed by atoms with Gasteiger partial charge < -0.3 is 9.64 Å². The van der Waals surface area contributed by atoms with Gasteiger partial charge >= 0.3 is 6.09 Å². The van der Waals surface area contributed by atoms with Gasteiger partial charge in [-0.05, 0) is 34.1 Å². The Labute approximate surface area is 115 Å². The first-order chi connectivity index (χ1) is 8.61. The molecule has 0 radical (unpaired) electrons. The van der Waals surface area contributed by atoms with Crippen molar-refractivity contribution < 1.29 is 14.3 Å². The topological polar surface area (TPSA) is 49.9 Å². The number of hydrogen-bond acceptors (Lipinski definition) is 4. The van der Waals surface area contributed by atoms with Crippen LogP contribution in [0.3, 0.4) is 0 Å². The van der Waals surface area contributed by atoms with Gasteiger partial charge in [-0.25, -0.2) is 4.79 Å². The minimum atomic E-state index is -0.542. The van der Waals surface area contributed by atoms with Gasteiger partial charge in [0, 0.05) is 32.4 Å². The predicted octanol–water partition coefficient (Wildman–Crippen LogP) is 2.03. The summed E-state index contributed by atoms with van der Waals surface area (Å²) in [5.74, 6) is -0.00851. The van der Waals surface area contributed by atoms with E-state index >= 15 is 0 Å². The Morgan fingerprint density at radius 3 is 2.47 bits per heavy atom. The summed E-state index contributed by atoms with van der Waals surface area (Å²) >= 11 is 0. The van der Waals surface area contributed by atoms with Gasteiger partial charge in [0.1, 0.15) is 5.60 Å². The molecule has 1 atom stereocenters. The third-order valence-corrected chi connectivity index (χ3v) is 2.83. The van der Waals surface area contributed by atoms with E-state index in [0.717, 1.165) is 5.57 Å². The molecule has 0 aromatic carbocycles. The number of likely N-dealkylation sites (tertiary alicyclic amines) is 1. The van der Waals surface area contributed by atoms with Crippen LogP contribution in [0.5, 0.6) is 0 Å². The SMILES string of the molecule is CC1C(=O)/C(=C\N(C)C)CCN1C(=O)OC(C)(C)C.